The largest absolute Gasteiger partial charge is 0.452 e. The summed E-state index contributed by atoms with van der Waals surface area (Å²) < 4.78 is 5.35. The van der Waals surface area contributed by atoms with Gasteiger partial charge in [0.05, 0.1) is 12.1 Å². The van der Waals surface area contributed by atoms with Gasteiger partial charge in [-0.05, 0) is 23.3 Å². The Bertz CT molecular complexity index is 1180. The molecule has 0 bridgehead atoms. The van der Waals surface area contributed by atoms with Gasteiger partial charge in [0.15, 0.2) is 11.2 Å². The highest BCUT2D eigenvalue weighted by Gasteiger charge is 2.20. The Morgan fingerprint density at radius 3 is 2.57 bits per heavy atom. The fraction of sp³-hybridized carbons (Fsp3) is 0.125. The summed E-state index contributed by atoms with van der Waals surface area (Å²) in [6.07, 6.45) is -0.814. The summed E-state index contributed by atoms with van der Waals surface area (Å²) in [5, 5.41) is 7.13. The van der Waals surface area contributed by atoms with Gasteiger partial charge >= 0.3 is 5.97 Å². The molecule has 1 unspecified atom stereocenters. The number of anilines is 1. The van der Waals surface area contributed by atoms with Gasteiger partial charge in [0.25, 0.3) is 5.91 Å². The molecule has 6 heteroatoms. The number of thiazole rings is 1. The van der Waals surface area contributed by atoms with Crippen LogP contribution in [0.25, 0.3) is 22.0 Å². The van der Waals surface area contributed by atoms with E-state index in [-0.39, 0.29) is 6.42 Å². The van der Waals surface area contributed by atoms with Gasteiger partial charge in [-0.25, -0.2) is 4.98 Å². The van der Waals surface area contributed by atoms with Gasteiger partial charge in [0, 0.05) is 10.9 Å². The van der Waals surface area contributed by atoms with E-state index >= 15 is 0 Å². The number of carbonyl (C=O) groups is 2. The number of rotatable bonds is 6. The summed E-state index contributed by atoms with van der Waals surface area (Å²) in [6, 6.07) is 23.4. The fourth-order valence-corrected chi connectivity index (χ4v) is 3.90. The minimum Gasteiger partial charge on any atom is -0.452 e. The Hall–Kier alpha value is -3.51. The molecule has 1 heterocycles. The topological polar surface area (TPSA) is 68.3 Å². The van der Waals surface area contributed by atoms with Gasteiger partial charge in [-0.15, -0.1) is 11.3 Å². The highest BCUT2D eigenvalue weighted by atomic mass is 32.1. The Kier molecular flexibility index (Phi) is 5.86. The van der Waals surface area contributed by atoms with Gasteiger partial charge in [-0.1, -0.05) is 72.8 Å². The first kappa shape index (κ1) is 19.8. The third kappa shape index (κ3) is 4.55. The van der Waals surface area contributed by atoms with Crippen molar-refractivity contribution in [3.05, 3.63) is 83.7 Å². The number of carbonyl (C=O) groups excluding carboxylic acids is 2. The van der Waals surface area contributed by atoms with Crippen LogP contribution >= 0.6 is 11.3 Å². The first-order valence-corrected chi connectivity index (χ1v) is 10.5. The summed E-state index contributed by atoms with van der Waals surface area (Å²) in [5.41, 5.74) is 2.64. The van der Waals surface area contributed by atoms with Gasteiger partial charge in [-0.3, -0.25) is 14.9 Å². The zero-order valence-corrected chi connectivity index (χ0v) is 17.2. The lowest BCUT2D eigenvalue weighted by Crippen LogP contribution is -2.30. The van der Waals surface area contributed by atoms with E-state index in [9.17, 15) is 9.59 Å². The van der Waals surface area contributed by atoms with Crippen molar-refractivity contribution in [1.82, 2.24) is 4.98 Å². The molecule has 0 aliphatic rings. The first-order valence-electron chi connectivity index (χ1n) is 9.58. The second kappa shape index (κ2) is 8.88. The summed E-state index contributed by atoms with van der Waals surface area (Å²) in [7, 11) is 0. The normalized spacial score (nSPS) is 11.8. The second-order valence-electron chi connectivity index (χ2n) is 6.84. The van der Waals surface area contributed by atoms with Crippen LogP contribution in [0.3, 0.4) is 0 Å². The maximum absolute atomic E-state index is 12.4. The monoisotopic (exact) mass is 416 g/mol. The maximum atomic E-state index is 12.4. The van der Waals surface area contributed by atoms with Crippen LogP contribution < -0.4 is 5.32 Å². The summed E-state index contributed by atoms with van der Waals surface area (Å²) in [6.45, 7) is 1.56. The minimum absolute atomic E-state index is 0.106. The van der Waals surface area contributed by atoms with Crippen molar-refractivity contribution in [3.8, 4) is 11.3 Å². The summed E-state index contributed by atoms with van der Waals surface area (Å²) in [4.78, 5) is 29.3. The molecule has 0 saturated carbocycles. The van der Waals surface area contributed by atoms with Crippen LogP contribution in [0, 0.1) is 0 Å². The number of benzene rings is 3. The molecule has 1 atom stereocenters. The Labute approximate surface area is 178 Å². The number of aromatic nitrogens is 1. The second-order valence-corrected chi connectivity index (χ2v) is 7.70. The Balaban J connectivity index is 1.36. The van der Waals surface area contributed by atoms with Gasteiger partial charge in [0.1, 0.15) is 0 Å². The number of nitrogens with zero attached hydrogens (tertiary/aromatic N) is 1. The number of esters is 1. The molecule has 4 aromatic rings. The molecule has 0 aliphatic carbocycles. The molecular formula is C24H20N2O3S. The number of amides is 1. The van der Waals surface area contributed by atoms with E-state index in [1.165, 1.54) is 11.3 Å². The quantitative estimate of drug-likeness (QED) is 0.445. The maximum Gasteiger partial charge on any atom is 0.311 e. The third-order valence-corrected chi connectivity index (χ3v) is 5.45. The third-order valence-electron chi connectivity index (χ3n) is 4.70. The van der Waals surface area contributed by atoms with Crippen molar-refractivity contribution in [2.75, 3.05) is 5.32 Å². The van der Waals surface area contributed by atoms with Gasteiger partial charge < -0.3 is 4.74 Å². The van der Waals surface area contributed by atoms with Crippen LogP contribution in [0.1, 0.15) is 12.5 Å². The van der Waals surface area contributed by atoms with Crippen LogP contribution in [-0.4, -0.2) is 23.0 Å². The lowest BCUT2D eigenvalue weighted by molar-refractivity contribution is -0.152. The minimum atomic E-state index is -0.920. The van der Waals surface area contributed by atoms with Crippen LogP contribution in [0.5, 0.6) is 0 Å². The molecule has 1 aromatic heterocycles. The number of nitrogens with one attached hydrogen (secondary N) is 1. The highest BCUT2D eigenvalue weighted by Crippen LogP contribution is 2.25. The van der Waals surface area contributed by atoms with E-state index in [0.717, 1.165) is 27.6 Å². The fourth-order valence-electron chi connectivity index (χ4n) is 3.17. The zero-order chi connectivity index (χ0) is 20.9. The number of hydrogen-bond acceptors (Lipinski definition) is 5. The molecule has 150 valence electrons. The van der Waals surface area contributed by atoms with Crippen molar-refractivity contribution in [2.24, 2.45) is 0 Å². The Morgan fingerprint density at radius 1 is 1.00 bits per heavy atom. The number of fused-ring (bicyclic) bond motifs is 1. The van der Waals surface area contributed by atoms with Crippen LogP contribution in [0.15, 0.2) is 78.2 Å². The average molecular weight is 417 g/mol. The predicted octanol–water partition coefficient (Wildman–Crippen LogP) is 5.08. The van der Waals surface area contributed by atoms with E-state index in [4.69, 9.17) is 4.74 Å². The van der Waals surface area contributed by atoms with Crippen LogP contribution in [-0.2, 0) is 20.7 Å². The van der Waals surface area contributed by atoms with Crippen molar-refractivity contribution >= 4 is 39.1 Å². The van der Waals surface area contributed by atoms with E-state index in [1.54, 1.807) is 6.92 Å². The van der Waals surface area contributed by atoms with Crippen molar-refractivity contribution in [2.45, 2.75) is 19.4 Å². The zero-order valence-electron chi connectivity index (χ0n) is 16.4. The molecule has 30 heavy (non-hydrogen) atoms. The molecule has 4 rings (SSSR count). The van der Waals surface area contributed by atoms with Crippen molar-refractivity contribution < 1.29 is 14.3 Å². The molecule has 5 nitrogen and oxygen atoms in total. The van der Waals surface area contributed by atoms with Crippen molar-refractivity contribution in [3.63, 3.8) is 0 Å². The summed E-state index contributed by atoms with van der Waals surface area (Å²) >= 11 is 1.33. The first-order chi connectivity index (χ1) is 14.6. The molecule has 3 aromatic carbocycles. The molecule has 1 amide bonds. The van der Waals surface area contributed by atoms with E-state index in [1.807, 2.05) is 78.2 Å². The standard InChI is InChI=1S/C24H20N2O3S/c1-16(23(28)26-24-25-21(15-30-24)18-9-3-2-4-10-18)29-22(27)14-19-12-7-11-17-8-5-6-13-20(17)19/h2-13,15-16H,14H2,1H3,(H,25,26,28). The van der Waals surface area contributed by atoms with E-state index in [0.29, 0.717) is 5.13 Å². The van der Waals surface area contributed by atoms with E-state index < -0.39 is 18.0 Å². The van der Waals surface area contributed by atoms with E-state index in [2.05, 4.69) is 10.3 Å². The molecule has 0 spiro atoms. The number of ether oxygens (including phenoxy) is 1. The smallest absolute Gasteiger partial charge is 0.311 e. The molecule has 0 radical (unpaired) electrons. The molecule has 0 fully saturated rings. The lowest BCUT2D eigenvalue weighted by Gasteiger charge is -2.13. The molecule has 0 aliphatic heterocycles. The molecule has 1 N–H and O–H groups in total. The average Bonchev–Trinajstić information content (AvgIpc) is 3.23. The molecule has 0 saturated heterocycles. The predicted molar refractivity (Wildman–Crippen MR) is 119 cm³/mol. The molecular weight excluding hydrogens is 396 g/mol. The highest BCUT2D eigenvalue weighted by molar-refractivity contribution is 7.14. The van der Waals surface area contributed by atoms with Gasteiger partial charge in [0.2, 0.25) is 0 Å². The van der Waals surface area contributed by atoms with Crippen LogP contribution in [0.2, 0.25) is 0 Å². The van der Waals surface area contributed by atoms with Crippen LogP contribution in [0.4, 0.5) is 5.13 Å². The van der Waals surface area contributed by atoms with Crippen molar-refractivity contribution in [1.29, 1.82) is 0 Å². The Morgan fingerprint density at radius 2 is 1.73 bits per heavy atom. The van der Waals surface area contributed by atoms with Gasteiger partial charge in [-0.2, -0.15) is 0 Å². The lowest BCUT2D eigenvalue weighted by atomic mass is 10.0. The SMILES string of the molecule is CC(OC(=O)Cc1cccc2ccccc12)C(=O)Nc1nc(-c2ccccc2)cs1. The number of hydrogen-bond donors (Lipinski definition) is 1. The summed E-state index contributed by atoms with van der Waals surface area (Å²) in [5.74, 6) is -0.853.